The number of amides is 2. The number of ether oxygens (including phenoxy) is 2. The van der Waals surface area contributed by atoms with Crippen LogP contribution in [0.25, 0.3) is 33.3 Å². The largest absolute Gasteiger partial charge is 0.484 e. The fourth-order valence-corrected chi connectivity index (χ4v) is 4.23. The molecule has 37 heavy (non-hydrogen) atoms. The van der Waals surface area contributed by atoms with Crippen LogP contribution in [0.5, 0.6) is 5.75 Å². The first-order chi connectivity index (χ1) is 18.1. The van der Waals surface area contributed by atoms with Gasteiger partial charge in [0.25, 0.3) is 11.8 Å². The molecule has 1 aliphatic rings. The average molecular weight is 518 g/mol. The lowest BCUT2D eigenvalue weighted by molar-refractivity contribution is -0.137. The van der Waals surface area contributed by atoms with E-state index in [-0.39, 0.29) is 18.4 Å². The Kier molecular flexibility index (Phi) is 7.55. The first kappa shape index (κ1) is 24.6. The van der Waals surface area contributed by atoms with Gasteiger partial charge in [0.1, 0.15) is 5.75 Å². The quantitative estimate of drug-likeness (QED) is 0.285. The van der Waals surface area contributed by atoms with Crippen LogP contribution < -0.4 is 15.1 Å². The first-order valence-electron chi connectivity index (χ1n) is 11.7. The molecule has 2 N–H and O–H groups in total. The van der Waals surface area contributed by atoms with Crippen molar-refractivity contribution in [1.82, 2.24) is 25.2 Å². The fourth-order valence-electron chi connectivity index (χ4n) is 4.14. The van der Waals surface area contributed by atoms with Gasteiger partial charge in [0.15, 0.2) is 6.61 Å². The van der Waals surface area contributed by atoms with Crippen molar-refractivity contribution in [2.45, 2.75) is 0 Å². The van der Waals surface area contributed by atoms with E-state index >= 15 is 0 Å². The van der Waals surface area contributed by atoms with Crippen molar-refractivity contribution >= 4 is 34.5 Å². The summed E-state index contributed by atoms with van der Waals surface area (Å²) in [7, 11) is 0. The number of benzene rings is 2. The maximum Gasteiger partial charge on any atom is 0.267 e. The summed E-state index contributed by atoms with van der Waals surface area (Å²) in [6.07, 6.45) is 3.24. The zero-order valence-electron chi connectivity index (χ0n) is 19.8. The normalized spacial score (nSPS) is 13.4. The van der Waals surface area contributed by atoms with Crippen molar-refractivity contribution < 1.29 is 19.1 Å². The van der Waals surface area contributed by atoms with Crippen molar-refractivity contribution in [3.8, 4) is 28.1 Å². The second kappa shape index (κ2) is 11.3. The van der Waals surface area contributed by atoms with E-state index in [9.17, 15) is 9.59 Å². The summed E-state index contributed by atoms with van der Waals surface area (Å²) in [6.45, 7) is 2.33. The van der Waals surface area contributed by atoms with E-state index in [1.54, 1.807) is 29.4 Å². The highest BCUT2D eigenvalue weighted by molar-refractivity contribution is 6.15. The number of carbonyl (C=O) groups excluding carboxylic acids is 2. The van der Waals surface area contributed by atoms with Crippen LogP contribution in [0, 0.1) is 0 Å². The number of rotatable bonds is 7. The summed E-state index contributed by atoms with van der Waals surface area (Å²) in [6, 6.07) is 19.0. The molecule has 9 nitrogen and oxygen atoms in total. The van der Waals surface area contributed by atoms with Gasteiger partial charge in [-0.25, -0.2) is 4.98 Å². The van der Waals surface area contributed by atoms with Gasteiger partial charge in [0, 0.05) is 36.4 Å². The lowest BCUT2D eigenvalue weighted by Gasteiger charge is -2.26. The number of aromatic nitrogens is 2. The topological polar surface area (TPSA) is 106 Å². The number of hydrazine groups is 1. The van der Waals surface area contributed by atoms with E-state index in [4.69, 9.17) is 26.2 Å². The Balaban J connectivity index is 1.30. The number of carbonyl (C=O) groups is 2. The Labute approximate surface area is 218 Å². The number of halogens is 1. The van der Waals surface area contributed by atoms with Crippen LogP contribution in [0.1, 0.15) is 10.4 Å². The monoisotopic (exact) mass is 517 g/mol. The minimum absolute atomic E-state index is 0.00380. The van der Waals surface area contributed by atoms with Crippen LogP contribution in [0.2, 0.25) is 0 Å². The van der Waals surface area contributed by atoms with Gasteiger partial charge in [-0.2, -0.15) is 0 Å². The molecule has 0 bridgehead atoms. The van der Waals surface area contributed by atoms with Crippen LogP contribution in [0.15, 0.2) is 73.1 Å². The third-order valence-corrected chi connectivity index (χ3v) is 6.20. The van der Waals surface area contributed by atoms with Crippen molar-refractivity contribution in [1.29, 1.82) is 0 Å². The van der Waals surface area contributed by atoms with Crippen molar-refractivity contribution in [3.63, 3.8) is 0 Å². The molecule has 1 saturated heterocycles. The van der Waals surface area contributed by atoms with Gasteiger partial charge in [-0.1, -0.05) is 36.4 Å². The van der Waals surface area contributed by atoms with Gasteiger partial charge < -0.3 is 14.4 Å². The molecule has 4 aromatic rings. The van der Waals surface area contributed by atoms with Gasteiger partial charge in [-0.3, -0.25) is 20.0 Å². The van der Waals surface area contributed by atoms with Crippen LogP contribution in [-0.2, 0) is 9.53 Å². The molecule has 5 rings (SSSR count). The number of hydrogen-bond donors (Lipinski definition) is 2. The Hall–Kier alpha value is -4.05. The second-order valence-corrected chi connectivity index (χ2v) is 8.57. The summed E-state index contributed by atoms with van der Waals surface area (Å²) < 4.78 is 11.0. The number of hydrogen-bond acceptors (Lipinski definition) is 7. The van der Waals surface area contributed by atoms with Gasteiger partial charge in [0.2, 0.25) is 0 Å². The molecule has 188 valence electrons. The van der Waals surface area contributed by atoms with Gasteiger partial charge in [-0.15, -0.1) is 4.94 Å². The number of nitrogens with one attached hydrogen (secondary N) is 2. The highest BCUT2D eigenvalue weighted by Crippen LogP contribution is 2.28. The summed E-state index contributed by atoms with van der Waals surface area (Å²) in [5, 5.41) is 0.626. The highest BCUT2D eigenvalue weighted by Gasteiger charge is 2.17. The molecule has 0 atom stereocenters. The van der Waals surface area contributed by atoms with Gasteiger partial charge >= 0.3 is 0 Å². The van der Waals surface area contributed by atoms with Crippen molar-refractivity contribution in [2.75, 3.05) is 32.9 Å². The molecule has 0 aliphatic carbocycles. The van der Waals surface area contributed by atoms with E-state index in [0.29, 0.717) is 54.2 Å². The van der Waals surface area contributed by atoms with Gasteiger partial charge in [-0.05, 0) is 47.2 Å². The lowest BCUT2D eigenvalue weighted by atomic mass is 10.0. The summed E-state index contributed by atoms with van der Waals surface area (Å²) in [5.74, 6) is 0.206. The SMILES string of the molecule is O=C(NNCl)c1cc(-c2ccc(-c3ccc(OCC(=O)N4CCOCC4)cc3)cc2)nc2ccncc12. The number of fused-ring (bicyclic) bond motifs is 1. The average Bonchev–Trinajstić information content (AvgIpc) is 2.96. The Morgan fingerprint density at radius 2 is 1.65 bits per heavy atom. The minimum atomic E-state index is -0.387. The molecule has 2 amide bonds. The van der Waals surface area contributed by atoms with E-state index in [1.165, 1.54) is 0 Å². The smallest absolute Gasteiger partial charge is 0.267 e. The first-order valence-corrected chi connectivity index (χ1v) is 12.1. The number of morpholine rings is 1. The molecule has 0 saturated carbocycles. The maximum absolute atomic E-state index is 12.5. The van der Waals surface area contributed by atoms with Crippen LogP contribution in [0.3, 0.4) is 0 Å². The molecule has 0 unspecified atom stereocenters. The molecule has 2 aromatic carbocycles. The third-order valence-electron chi connectivity index (χ3n) is 6.11. The highest BCUT2D eigenvalue weighted by atomic mass is 35.5. The molecule has 0 radical (unpaired) electrons. The summed E-state index contributed by atoms with van der Waals surface area (Å²) >= 11 is 5.46. The van der Waals surface area contributed by atoms with E-state index in [2.05, 4.69) is 15.4 Å². The lowest BCUT2D eigenvalue weighted by Crippen LogP contribution is -2.42. The Bertz CT molecular complexity index is 1410. The molecule has 10 heteroatoms. The standard InChI is InChI=1S/C27H24ClN5O4/c28-32-31-27(35)22-15-25(30-24-9-10-29-16-23(22)24)20-3-1-18(2-4-20)19-5-7-21(8-6-19)37-17-26(34)33-11-13-36-14-12-33/h1-10,15-16,32H,11-14,17H2,(H,31,35). The fraction of sp³-hybridized carbons (Fsp3) is 0.185. The van der Waals surface area contributed by atoms with E-state index < -0.39 is 0 Å². The van der Waals surface area contributed by atoms with E-state index in [0.717, 1.165) is 16.7 Å². The van der Waals surface area contributed by atoms with E-state index in [1.807, 2.05) is 48.5 Å². The predicted octanol–water partition coefficient (Wildman–Crippen LogP) is 3.59. The number of nitrogens with zero attached hydrogens (tertiary/aromatic N) is 3. The minimum Gasteiger partial charge on any atom is -0.484 e. The van der Waals surface area contributed by atoms with Crippen molar-refractivity contribution in [2.24, 2.45) is 0 Å². The summed E-state index contributed by atoms with van der Waals surface area (Å²) in [4.78, 5) is 37.5. The molecular formula is C27H24ClN5O4. The molecule has 1 aliphatic heterocycles. The maximum atomic E-state index is 12.5. The molecule has 0 spiro atoms. The molecule has 3 heterocycles. The van der Waals surface area contributed by atoms with Crippen LogP contribution in [0.4, 0.5) is 0 Å². The molecule has 1 fully saturated rings. The third kappa shape index (κ3) is 5.69. The van der Waals surface area contributed by atoms with Crippen LogP contribution in [-0.4, -0.2) is 59.6 Å². The summed E-state index contributed by atoms with van der Waals surface area (Å²) in [5.41, 5.74) is 6.97. The van der Waals surface area contributed by atoms with Gasteiger partial charge in [0.05, 0.1) is 30.0 Å². The molecule has 2 aromatic heterocycles. The number of pyridine rings is 2. The predicted molar refractivity (Wildman–Crippen MR) is 140 cm³/mol. The van der Waals surface area contributed by atoms with Crippen molar-refractivity contribution in [3.05, 3.63) is 78.6 Å². The second-order valence-electron chi connectivity index (χ2n) is 8.38. The zero-order valence-corrected chi connectivity index (χ0v) is 20.6. The molecular weight excluding hydrogens is 494 g/mol. The Morgan fingerprint density at radius 1 is 0.973 bits per heavy atom. The van der Waals surface area contributed by atoms with Crippen LogP contribution >= 0.6 is 11.8 Å². The Morgan fingerprint density at radius 3 is 2.35 bits per heavy atom. The zero-order chi connectivity index (χ0) is 25.6.